The molecule has 0 fully saturated rings. The van der Waals surface area contributed by atoms with E-state index in [-0.39, 0.29) is 0 Å². The van der Waals surface area contributed by atoms with Crippen LogP contribution in [-0.4, -0.2) is 0 Å². The van der Waals surface area contributed by atoms with Crippen LogP contribution in [0.5, 0.6) is 0 Å². The van der Waals surface area contributed by atoms with Gasteiger partial charge in [0.2, 0.25) is 0 Å². The van der Waals surface area contributed by atoms with Crippen LogP contribution >= 0.6 is 46.4 Å². The summed E-state index contributed by atoms with van der Waals surface area (Å²) in [5, 5.41) is 5.49. The second-order valence-corrected chi connectivity index (χ2v) is 5.38. The smallest absolute Gasteiger partial charge is 0.0652 e. The van der Waals surface area contributed by atoms with E-state index in [0.29, 0.717) is 26.6 Å². The van der Waals surface area contributed by atoms with Gasteiger partial charge in [0, 0.05) is 11.6 Å². The van der Waals surface area contributed by atoms with Gasteiger partial charge in [-0.1, -0.05) is 52.5 Å². The molecule has 0 saturated carbocycles. The molecule has 0 aromatic heterocycles. The van der Waals surface area contributed by atoms with Crippen molar-refractivity contribution in [3.8, 4) is 0 Å². The topological polar surface area (TPSA) is 12.0 Å². The number of hydrogen-bond acceptors (Lipinski definition) is 1. The van der Waals surface area contributed by atoms with E-state index < -0.39 is 0 Å². The Morgan fingerprint density at radius 3 is 2.22 bits per heavy atom. The lowest BCUT2D eigenvalue weighted by atomic mass is 10.2. The van der Waals surface area contributed by atoms with Crippen molar-refractivity contribution in [2.45, 2.75) is 6.54 Å². The van der Waals surface area contributed by atoms with Crippen LogP contribution in [0.25, 0.3) is 0 Å². The van der Waals surface area contributed by atoms with Gasteiger partial charge in [-0.2, -0.15) is 0 Å². The second-order valence-electron chi connectivity index (χ2n) is 3.73. The average Bonchev–Trinajstić information content (AvgIpc) is 2.32. The van der Waals surface area contributed by atoms with Gasteiger partial charge >= 0.3 is 0 Å². The lowest BCUT2D eigenvalue weighted by molar-refractivity contribution is 1.15. The minimum Gasteiger partial charge on any atom is -0.380 e. The zero-order valence-corrected chi connectivity index (χ0v) is 12.2. The van der Waals surface area contributed by atoms with E-state index in [2.05, 4.69) is 5.32 Å². The van der Waals surface area contributed by atoms with Gasteiger partial charge < -0.3 is 5.32 Å². The number of anilines is 1. The van der Waals surface area contributed by atoms with Gasteiger partial charge in [-0.05, 0) is 35.9 Å². The van der Waals surface area contributed by atoms with Crippen LogP contribution in [0, 0.1) is 0 Å². The quantitative estimate of drug-likeness (QED) is 0.741. The Balaban J connectivity index is 2.09. The van der Waals surface area contributed by atoms with Gasteiger partial charge in [0.05, 0.1) is 20.8 Å². The predicted octanol–water partition coefficient (Wildman–Crippen LogP) is 5.91. The van der Waals surface area contributed by atoms with E-state index in [1.54, 1.807) is 18.2 Å². The number of hydrogen-bond donors (Lipinski definition) is 1. The van der Waals surface area contributed by atoms with Crippen molar-refractivity contribution in [2.24, 2.45) is 0 Å². The lowest BCUT2D eigenvalue weighted by Gasteiger charge is -2.09. The first-order valence-corrected chi connectivity index (χ1v) is 6.70. The Morgan fingerprint density at radius 2 is 1.56 bits per heavy atom. The van der Waals surface area contributed by atoms with Gasteiger partial charge in [-0.15, -0.1) is 0 Å². The maximum Gasteiger partial charge on any atom is 0.0652 e. The normalized spacial score (nSPS) is 10.4. The Morgan fingerprint density at radius 1 is 0.778 bits per heavy atom. The van der Waals surface area contributed by atoms with Crippen LogP contribution < -0.4 is 5.32 Å². The molecule has 0 heterocycles. The number of rotatable bonds is 3. The third kappa shape index (κ3) is 3.46. The molecule has 2 aromatic rings. The third-order valence-electron chi connectivity index (χ3n) is 2.40. The van der Waals surface area contributed by atoms with Gasteiger partial charge in [-0.25, -0.2) is 0 Å². The van der Waals surface area contributed by atoms with Crippen molar-refractivity contribution < 1.29 is 0 Å². The van der Waals surface area contributed by atoms with Crippen LogP contribution in [0.15, 0.2) is 36.4 Å². The molecule has 5 heteroatoms. The molecule has 0 amide bonds. The monoisotopic (exact) mass is 319 g/mol. The van der Waals surface area contributed by atoms with Crippen molar-refractivity contribution in [1.82, 2.24) is 0 Å². The molecule has 2 rings (SSSR count). The van der Waals surface area contributed by atoms with Crippen molar-refractivity contribution in [3.63, 3.8) is 0 Å². The predicted molar refractivity (Wildman–Crippen MR) is 80.3 cm³/mol. The highest BCUT2D eigenvalue weighted by Gasteiger charge is 2.02. The Hall–Kier alpha value is -0.600. The van der Waals surface area contributed by atoms with E-state index in [1.807, 2.05) is 18.2 Å². The summed E-state index contributed by atoms with van der Waals surface area (Å²) in [6.07, 6.45) is 0. The Kier molecular flexibility index (Phi) is 4.63. The molecule has 0 radical (unpaired) electrons. The Labute approximate surface area is 126 Å². The summed E-state index contributed by atoms with van der Waals surface area (Å²) in [6, 6.07) is 10.8. The molecule has 0 saturated heterocycles. The summed E-state index contributed by atoms with van der Waals surface area (Å²) in [5.41, 5.74) is 1.85. The minimum atomic E-state index is 0.540. The fraction of sp³-hybridized carbons (Fsp3) is 0.0769. The number of nitrogens with one attached hydrogen (secondary N) is 1. The molecular weight excluding hydrogens is 312 g/mol. The van der Waals surface area contributed by atoms with E-state index in [9.17, 15) is 0 Å². The zero-order chi connectivity index (χ0) is 13.1. The number of benzene rings is 2. The van der Waals surface area contributed by atoms with E-state index in [1.165, 1.54) is 0 Å². The highest BCUT2D eigenvalue weighted by molar-refractivity contribution is 6.42. The van der Waals surface area contributed by atoms with Gasteiger partial charge in [0.1, 0.15) is 0 Å². The summed E-state index contributed by atoms with van der Waals surface area (Å²) < 4.78 is 0. The summed E-state index contributed by atoms with van der Waals surface area (Å²) in [6.45, 7) is 0.609. The number of halogens is 4. The summed E-state index contributed by atoms with van der Waals surface area (Å²) in [5.74, 6) is 0. The van der Waals surface area contributed by atoms with Crippen molar-refractivity contribution in [3.05, 3.63) is 62.1 Å². The largest absolute Gasteiger partial charge is 0.380 e. The van der Waals surface area contributed by atoms with Gasteiger partial charge in [0.25, 0.3) is 0 Å². The van der Waals surface area contributed by atoms with Crippen LogP contribution in [0.1, 0.15) is 5.56 Å². The highest BCUT2D eigenvalue weighted by atomic mass is 35.5. The van der Waals surface area contributed by atoms with E-state index >= 15 is 0 Å². The molecule has 1 N–H and O–H groups in total. The van der Waals surface area contributed by atoms with Gasteiger partial charge in [-0.3, -0.25) is 0 Å². The third-order valence-corrected chi connectivity index (χ3v) is 3.68. The molecule has 0 spiro atoms. The van der Waals surface area contributed by atoms with E-state index in [4.69, 9.17) is 46.4 Å². The molecule has 94 valence electrons. The SMILES string of the molecule is Clc1ccc(NCc2ccc(Cl)c(Cl)c2)c(Cl)c1. The van der Waals surface area contributed by atoms with E-state index in [0.717, 1.165) is 11.3 Å². The first kappa shape index (κ1) is 13.8. The molecule has 0 bridgehead atoms. The molecule has 2 aromatic carbocycles. The van der Waals surface area contributed by atoms with Crippen molar-refractivity contribution in [2.75, 3.05) is 5.32 Å². The maximum absolute atomic E-state index is 6.06. The van der Waals surface area contributed by atoms with Gasteiger partial charge in [0.15, 0.2) is 0 Å². The zero-order valence-electron chi connectivity index (χ0n) is 9.18. The summed E-state index contributed by atoms with van der Waals surface area (Å²) >= 11 is 23.7. The molecular formula is C13H9Cl4N. The standard InChI is InChI=1S/C13H9Cl4N/c14-9-2-4-13(12(17)6-9)18-7-8-1-3-10(15)11(16)5-8/h1-6,18H,7H2. The molecule has 1 nitrogen and oxygen atoms in total. The summed E-state index contributed by atoms with van der Waals surface area (Å²) in [7, 11) is 0. The molecule has 0 unspecified atom stereocenters. The van der Waals surface area contributed by atoms with Crippen LogP contribution in [-0.2, 0) is 6.54 Å². The molecule has 0 atom stereocenters. The van der Waals surface area contributed by atoms with Crippen LogP contribution in [0.4, 0.5) is 5.69 Å². The van der Waals surface area contributed by atoms with Crippen molar-refractivity contribution in [1.29, 1.82) is 0 Å². The highest BCUT2D eigenvalue weighted by Crippen LogP contribution is 2.27. The Bertz CT molecular complexity index is 569. The first-order chi connectivity index (χ1) is 8.56. The van der Waals surface area contributed by atoms with Crippen molar-refractivity contribution >= 4 is 52.1 Å². The fourth-order valence-electron chi connectivity index (χ4n) is 1.48. The fourth-order valence-corrected chi connectivity index (χ4v) is 2.28. The molecule has 0 aliphatic carbocycles. The minimum absolute atomic E-state index is 0.540. The maximum atomic E-state index is 6.06. The second kappa shape index (κ2) is 6.03. The average molecular weight is 321 g/mol. The summed E-state index contributed by atoms with van der Waals surface area (Å²) in [4.78, 5) is 0. The molecule has 0 aliphatic heterocycles. The molecule has 18 heavy (non-hydrogen) atoms. The first-order valence-electron chi connectivity index (χ1n) is 5.19. The lowest BCUT2D eigenvalue weighted by Crippen LogP contribution is -1.99. The molecule has 0 aliphatic rings. The van der Waals surface area contributed by atoms with Crippen LogP contribution in [0.2, 0.25) is 20.1 Å². The van der Waals surface area contributed by atoms with Crippen LogP contribution in [0.3, 0.4) is 0 Å².